The molecule has 0 amide bonds. The molecule has 0 bridgehead atoms. The van der Waals surface area contributed by atoms with Gasteiger partial charge in [-0.25, -0.2) is 0 Å². The Labute approximate surface area is 179 Å². The second-order valence-corrected chi connectivity index (χ2v) is 7.99. The highest BCUT2D eigenvalue weighted by Gasteiger charge is 2.34. The van der Waals surface area contributed by atoms with E-state index in [1.165, 1.54) is 0 Å². The average Bonchev–Trinajstić information content (AvgIpc) is 2.74. The third-order valence-electron chi connectivity index (χ3n) is 5.56. The quantitative estimate of drug-likeness (QED) is 0.582. The van der Waals surface area contributed by atoms with E-state index >= 15 is 0 Å². The van der Waals surface area contributed by atoms with E-state index < -0.39 is 5.60 Å². The Morgan fingerprint density at radius 2 is 1.17 bits per heavy atom. The van der Waals surface area contributed by atoms with Gasteiger partial charge in [0.25, 0.3) is 0 Å². The van der Waals surface area contributed by atoms with Crippen LogP contribution in [0.3, 0.4) is 0 Å². The van der Waals surface area contributed by atoms with E-state index in [0.717, 1.165) is 11.1 Å². The highest BCUT2D eigenvalue weighted by atomic mass is 16.5. The Morgan fingerprint density at radius 3 is 1.53 bits per heavy atom. The molecule has 0 saturated carbocycles. The summed E-state index contributed by atoms with van der Waals surface area (Å²) in [6.45, 7) is 3.53. The Morgan fingerprint density at radius 1 is 0.733 bits per heavy atom. The van der Waals surface area contributed by atoms with Gasteiger partial charge in [0.2, 0.25) is 0 Å². The number of methoxy groups -OCH3 is 4. The second-order valence-electron chi connectivity index (χ2n) is 7.99. The van der Waals surface area contributed by atoms with Gasteiger partial charge < -0.3 is 29.2 Å². The van der Waals surface area contributed by atoms with Crippen molar-refractivity contribution in [1.29, 1.82) is 0 Å². The van der Waals surface area contributed by atoms with Crippen LogP contribution in [0.1, 0.15) is 25.0 Å². The maximum Gasteiger partial charge on any atom is 0.160 e. The van der Waals surface area contributed by atoms with Gasteiger partial charge in [0, 0.05) is 6.61 Å². The standard InChI is InChI=1S/C24H34O6/c1-24(2,26)19(12-17-8-10-21(28-4)23(14-17)30-6)18(15-25)11-16-7-9-20(27-3)22(13-16)29-5/h7-10,13-14,18-19,25-26H,11-12,15H2,1-6H3/t18-,19+/m0/s1. The van der Waals surface area contributed by atoms with Crippen LogP contribution in [0, 0.1) is 11.8 Å². The first kappa shape index (κ1) is 23.8. The van der Waals surface area contributed by atoms with Crippen molar-refractivity contribution in [1.82, 2.24) is 0 Å². The monoisotopic (exact) mass is 418 g/mol. The maximum absolute atomic E-state index is 10.9. The van der Waals surface area contributed by atoms with Gasteiger partial charge in [-0.15, -0.1) is 0 Å². The molecule has 2 rings (SSSR count). The summed E-state index contributed by atoms with van der Waals surface area (Å²) >= 11 is 0. The molecule has 6 heteroatoms. The summed E-state index contributed by atoms with van der Waals surface area (Å²) in [5.74, 6) is 2.26. The van der Waals surface area contributed by atoms with Crippen LogP contribution in [0.5, 0.6) is 23.0 Å². The van der Waals surface area contributed by atoms with Crippen LogP contribution in [0.4, 0.5) is 0 Å². The molecule has 0 spiro atoms. The molecule has 2 atom stereocenters. The number of aliphatic hydroxyl groups excluding tert-OH is 1. The number of ether oxygens (including phenoxy) is 4. The molecule has 2 N–H and O–H groups in total. The van der Waals surface area contributed by atoms with E-state index in [0.29, 0.717) is 35.8 Å². The third kappa shape index (κ3) is 5.80. The molecule has 0 aliphatic heterocycles. The first-order chi connectivity index (χ1) is 14.3. The van der Waals surface area contributed by atoms with Gasteiger partial charge >= 0.3 is 0 Å². The fraction of sp³-hybridized carbons (Fsp3) is 0.500. The molecule has 0 aliphatic rings. The molecule has 0 heterocycles. The first-order valence-corrected chi connectivity index (χ1v) is 10.0. The van der Waals surface area contributed by atoms with Gasteiger partial charge in [0.1, 0.15) is 0 Å². The highest BCUT2D eigenvalue weighted by molar-refractivity contribution is 5.44. The average molecular weight is 419 g/mol. The molecule has 6 nitrogen and oxygen atoms in total. The van der Waals surface area contributed by atoms with Crippen LogP contribution in [-0.4, -0.2) is 50.9 Å². The van der Waals surface area contributed by atoms with Gasteiger partial charge in [-0.2, -0.15) is 0 Å². The van der Waals surface area contributed by atoms with Crippen LogP contribution < -0.4 is 18.9 Å². The van der Waals surface area contributed by atoms with Crippen molar-refractivity contribution in [3.8, 4) is 23.0 Å². The molecule has 0 aromatic heterocycles. The number of rotatable bonds is 11. The second kappa shape index (κ2) is 10.5. The normalized spacial score (nSPS) is 13.5. The number of hydrogen-bond acceptors (Lipinski definition) is 6. The Hall–Kier alpha value is -2.44. The Bertz CT molecular complexity index is 812. The number of aliphatic hydroxyl groups is 2. The SMILES string of the molecule is COc1ccc(C[C@@H](CO)[C@@H](Cc2ccc(OC)c(OC)c2)C(C)(C)O)cc1OC. The van der Waals surface area contributed by atoms with E-state index in [2.05, 4.69) is 0 Å². The predicted octanol–water partition coefficient (Wildman–Crippen LogP) is 3.50. The van der Waals surface area contributed by atoms with Crippen molar-refractivity contribution in [2.24, 2.45) is 11.8 Å². The van der Waals surface area contributed by atoms with Crippen LogP contribution in [0.15, 0.2) is 36.4 Å². The van der Waals surface area contributed by atoms with Crippen molar-refractivity contribution in [3.63, 3.8) is 0 Å². The fourth-order valence-electron chi connectivity index (χ4n) is 3.90. The van der Waals surface area contributed by atoms with E-state index in [4.69, 9.17) is 18.9 Å². The summed E-state index contributed by atoms with van der Waals surface area (Å²) in [7, 11) is 6.40. The summed E-state index contributed by atoms with van der Waals surface area (Å²) in [5.41, 5.74) is 1.02. The van der Waals surface area contributed by atoms with Crippen molar-refractivity contribution in [3.05, 3.63) is 47.5 Å². The lowest BCUT2D eigenvalue weighted by Crippen LogP contribution is -2.40. The summed E-state index contributed by atoms with van der Waals surface area (Å²) < 4.78 is 21.4. The van der Waals surface area contributed by atoms with Crippen molar-refractivity contribution >= 4 is 0 Å². The zero-order valence-corrected chi connectivity index (χ0v) is 18.8. The molecule has 0 aliphatic carbocycles. The van der Waals surface area contributed by atoms with Gasteiger partial charge in [-0.3, -0.25) is 0 Å². The zero-order valence-electron chi connectivity index (χ0n) is 18.8. The van der Waals surface area contributed by atoms with Crippen LogP contribution in [0.25, 0.3) is 0 Å². The largest absolute Gasteiger partial charge is 0.493 e. The first-order valence-electron chi connectivity index (χ1n) is 10.0. The van der Waals surface area contributed by atoms with Crippen molar-refractivity contribution in [2.75, 3.05) is 35.0 Å². The van der Waals surface area contributed by atoms with Crippen LogP contribution >= 0.6 is 0 Å². The molecular weight excluding hydrogens is 384 g/mol. The lowest BCUT2D eigenvalue weighted by Gasteiger charge is -2.36. The van der Waals surface area contributed by atoms with Crippen LogP contribution in [0.2, 0.25) is 0 Å². The van der Waals surface area contributed by atoms with Crippen molar-refractivity contribution < 1.29 is 29.2 Å². The molecule has 2 aromatic rings. The molecule has 30 heavy (non-hydrogen) atoms. The third-order valence-corrected chi connectivity index (χ3v) is 5.56. The Balaban J connectivity index is 2.30. The molecular formula is C24H34O6. The molecule has 0 fully saturated rings. The minimum Gasteiger partial charge on any atom is -0.493 e. The molecule has 0 radical (unpaired) electrons. The molecule has 0 unspecified atom stereocenters. The zero-order chi connectivity index (χ0) is 22.3. The molecule has 2 aromatic carbocycles. The summed E-state index contributed by atoms with van der Waals surface area (Å²) in [6.07, 6.45) is 1.18. The highest BCUT2D eigenvalue weighted by Crippen LogP contribution is 2.35. The lowest BCUT2D eigenvalue weighted by atomic mass is 9.74. The van der Waals surface area contributed by atoms with E-state index in [1.54, 1.807) is 42.3 Å². The van der Waals surface area contributed by atoms with Gasteiger partial charge in [-0.1, -0.05) is 12.1 Å². The number of benzene rings is 2. The predicted molar refractivity (Wildman–Crippen MR) is 117 cm³/mol. The maximum atomic E-state index is 10.9. The smallest absolute Gasteiger partial charge is 0.160 e. The van der Waals surface area contributed by atoms with E-state index in [-0.39, 0.29) is 18.4 Å². The van der Waals surface area contributed by atoms with Crippen molar-refractivity contribution in [2.45, 2.75) is 32.3 Å². The van der Waals surface area contributed by atoms with Gasteiger partial charge in [-0.05, 0) is 73.9 Å². The molecule has 0 saturated heterocycles. The summed E-state index contributed by atoms with van der Waals surface area (Å²) in [6, 6.07) is 11.5. The van der Waals surface area contributed by atoms with Gasteiger partial charge in [0.15, 0.2) is 23.0 Å². The van der Waals surface area contributed by atoms with Crippen LogP contribution in [-0.2, 0) is 12.8 Å². The Kier molecular flexibility index (Phi) is 8.38. The summed E-state index contributed by atoms with van der Waals surface area (Å²) in [5, 5.41) is 21.1. The topological polar surface area (TPSA) is 77.4 Å². The van der Waals surface area contributed by atoms with E-state index in [1.807, 2.05) is 36.4 Å². The fourth-order valence-corrected chi connectivity index (χ4v) is 3.90. The number of hydrogen-bond donors (Lipinski definition) is 2. The lowest BCUT2D eigenvalue weighted by molar-refractivity contribution is -0.0232. The minimum absolute atomic E-state index is 0.0453. The van der Waals surface area contributed by atoms with Gasteiger partial charge in [0.05, 0.1) is 34.0 Å². The minimum atomic E-state index is -0.989. The van der Waals surface area contributed by atoms with E-state index in [9.17, 15) is 10.2 Å². The molecule has 166 valence electrons. The summed E-state index contributed by atoms with van der Waals surface area (Å²) in [4.78, 5) is 0.